The van der Waals surface area contributed by atoms with Gasteiger partial charge in [-0.1, -0.05) is 17.7 Å². The lowest BCUT2D eigenvalue weighted by molar-refractivity contribution is -0.113. The Morgan fingerprint density at radius 2 is 1.64 bits per heavy atom. The summed E-state index contributed by atoms with van der Waals surface area (Å²) >= 11 is 1.31. The number of thioether (sulfide) groups is 1. The predicted octanol–water partition coefficient (Wildman–Crippen LogP) is 4.34. The molecule has 0 saturated heterocycles. The number of Topliss-reactive ketones (excluding diaryl/α,β-unsaturated/α-hetero) is 1. The Hall–Kier alpha value is -2.27. The number of rotatable bonds is 8. The summed E-state index contributed by atoms with van der Waals surface area (Å²) in [4.78, 5) is 24.1. The van der Waals surface area contributed by atoms with Gasteiger partial charge in [0, 0.05) is 11.3 Å². The summed E-state index contributed by atoms with van der Waals surface area (Å²) < 4.78 is 5.56. The summed E-state index contributed by atoms with van der Waals surface area (Å²) in [7, 11) is 0. The van der Waals surface area contributed by atoms with Crippen molar-refractivity contribution in [1.29, 1.82) is 0 Å². The van der Waals surface area contributed by atoms with E-state index >= 15 is 0 Å². The van der Waals surface area contributed by atoms with Gasteiger partial charge in [-0.25, -0.2) is 0 Å². The molecule has 132 valence electrons. The predicted molar refractivity (Wildman–Crippen MR) is 104 cm³/mol. The van der Waals surface area contributed by atoms with Gasteiger partial charge in [-0.2, -0.15) is 0 Å². The van der Waals surface area contributed by atoms with Gasteiger partial charge in [-0.05, 0) is 57.2 Å². The minimum Gasteiger partial charge on any atom is -0.491 e. The molecule has 0 aromatic heterocycles. The first-order valence-electron chi connectivity index (χ1n) is 8.18. The van der Waals surface area contributed by atoms with Crippen molar-refractivity contribution in [2.24, 2.45) is 0 Å². The first-order valence-corrected chi connectivity index (χ1v) is 9.33. The molecule has 1 amide bonds. The molecular weight excluding hydrogens is 334 g/mol. The maximum atomic E-state index is 12.2. The SMILES string of the molecule is Cc1ccc(NC(=O)CSCC(=O)c2ccc(OC(C)C)cc2)cc1. The van der Waals surface area contributed by atoms with Gasteiger partial charge in [0.15, 0.2) is 5.78 Å². The normalized spacial score (nSPS) is 10.6. The van der Waals surface area contributed by atoms with Crippen molar-refractivity contribution in [3.8, 4) is 5.75 Å². The van der Waals surface area contributed by atoms with Crippen LogP contribution in [0.3, 0.4) is 0 Å². The van der Waals surface area contributed by atoms with E-state index in [-0.39, 0.29) is 29.3 Å². The van der Waals surface area contributed by atoms with E-state index in [0.717, 1.165) is 17.0 Å². The van der Waals surface area contributed by atoms with E-state index in [0.29, 0.717) is 5.56 Å². The third kappa shape index (κ3) is 6.63. The molecule has 0 atom stereocenters. The third-order valence-electron chi connectivity index (χ3n) is 3.35. The van der Waals surface area contributed by atoms with E-state index in [2.05, 4.69) is 5.32 Å². The molecule has 0 radical (unpaired) electrons. The lowest BCUT2D eigenvalue weighted by Gasteiger charge is -2.09. The summed E-state index contributed by atoms with van der Waals surface area (Å²) in [5, 5.41) is 2.82. The van der Waals surface area contributed by atoms with Gasteiger partial charge in [0.1, 0.15) is 5.75 Å². The number of amides is 1. The van der Waals surface area contributed by atoms with Crippen molar-refractivity contribution in [3.63, 3.8) is 0 Å². The van der Waals surface area contributed by atoms with Gasteiger partial charge in [0.05, 0.1) is 17.6 Å². The highest BCUT2D eigenvalue weighted by Gasteiger charge is 2.09. The van der Waals surface area contributed by atoms with Crippen LogP contribution in [-0.2, 0) is 4.79 Å². The zero-order valence-electron chi connectivity index (χ0n) is 14.7. The highest BCUT2D eigenvalue weighted by atomic mass is 32.2. The van der Waals surface area contributed by atoms with Gasteiger partial charge >= 0.3 is 0 Å². The molecule has 0 bridgehead atoms. The Morgan fingerprint density at radius 3 is 2.24 bits per heavy atom. The van der Waals surface area contributed by atoms with Crippen molar-refractivity contribution in [2.75, 3.05) is 16.8 Å². The number of hydrogen-bond acceptors (Lipinski definition) is 4. The second kappa shape index (κ2) is 9.28. The molecular formula is C20H23NO3S. The maximum absolute atomic E-state index is 12.2. The zero-order chi connectivity index (χ0) is 18.2. The quantitative estimate of drug-likeness (QED) is 0.714. The fourth-order valence-electron chi connectivity index (χ4n) is 2.15. The van der Waals surface area contributed by atoms with Crippen molar-refractivity contribution >= 4 is 29.1 Å². The standard InChI is InChI=1S/C20H23NO3S/c1-14(2)24-18-10-6-16(7-11-18)19(22)12-25-13-20(23)21-17-8-4-15(3)5-9-17/h4-11,14H,12-13H2,1-3H3,(H,21,23). The molecule has 25 heavy (non-hydrogen) atoms. The maximum Gasteiger partial charge on any atom is 0.234 e. The van der Waals surface area contributed by atoms with E-state index in [4.69, 9.17) is 4.74 Å². The van der Waals surface area contributed by atoms with Crippen LogP contribution in [0.4, 0.5) is 5.69 Å². The summed E-state index contributed by atoms with van der Waals surface area (Å²) in [5.74, 6) is 1.16. The van der Waals surface area contributed by atoms with Crippen molar-refractivity contribution in [1.82, 2.24) is 0 Å². The molecule has 2 rings (SSSR count). The van der Waals surface area contributed by atoms with Crippen LogP contribution in [0.15, 0.2) is 48.5 Å². The number of carbonyl (C=O) groups excluding carboxylic acids is 2. The number of ether oxygens (including phenoxy) is 1. The number of benzene rings is 2. The molecule has 0 aliphatic carbocycles. The smallest absolute Gasteiger partial charge is 0.234 e. The lowest BCUT2D eigenvalue weighted by Crippen LogP contribution is -2.15. The van der Waals surface area contributed by atoms with Gasteiger partial charge in [0.25, 0.3) is 0 Å². The van der Waals surface area contributed by atoms with Crippen molar-refractivity contribution in [2.45, 2.75) is 26.9 Å². The molecule has 0 aliphatic heterocycles. The Kier molecular flexibility index (Phi) is 7.07. The molecule has 0 spiro atoms. The molecule has 0 fully saturated rings. The fraction of sp³-hybridized carbons (Fsp3) is 0.300. The van der Waals surface area contributed by atoms with Crippen LogP contribution in [0.2, 0.25) is 0 Å². The number of carbonyl (C=O) groups is 2. The molecule has 5 heteroatoms. The molecule has 0 aliphatic rings. The van der Waals surface area contributed by atoms with Crippen LogP contribution in [-0.4, -0.2) is 29.3 Å². The largest absolute Gasteiger partial charge is 0.491 e. The van der Waals surface area contributed by atoms with Crippen LogP contribution in [0, 0.1) is 6.92 Å². The van der Waals surface area contributed by atoms with E-state index < -0.39 is 0 Å². The molecule has 0 unspecified atom stereocenters. The third-order valence-corrected chi connectivity index (χ3v) is 4.28. The van der Waals surface area contributed by atoms with Gasteiger partial charge in [-0.3, -0.25) is 9.59 Å². The molecule has 0 heterocycles. The Labute approximate surface area is 153 Å². The van der Waals surface area contributed by atoms with E-state index in [9.17, 15) is 9.59 Å². The van der Waals surface area contributed by atoms with Crippen LogP contribution in [0.25, 0.3) is 0 Å². The molecule has 2 aromatic carbocycles. The van der Waals surface area contributed by atoms with E-state index in [1.807, 2.05) is 45.0 Å². The summed E-state index contributed by atoms with van der Waals surface area (Å²) in [5.41, 5.74) is 2.54. The molecule has 1 N–H and O–H groups in total. The number of anilines is 1. The van der Waals surface area contributed by atoms with Crippen LogP contribution < -0.4 is 10.1 Å². The van der Waals surface area contributed by atoms with E-state index in [1.165, 1.54) is 11.8 Å². The zero-order valence-corrected chi connectivity index (χ0v) is 15.6. The fourth-order valence-corrected chi connectivity index (χ4v) is 2.86. The van der Waals surface area contributed by atoms with Gasteiger partial charge in [0.2, 0.25) is 5.91 Å². The topological polar surface area (TPSA) is 55.4 Å². The summed E-state index contributed by atoms with van der Waals surface area (Å²) in [6, 6.07) is 14.7. The van der Waals surface area contributed by atoms with Gasteiger partial charge in [-0.15, -0.1) is 11.8 Å². The first-order chi connectivity index (χ1) is 11.9. The highest BCUT2D eigenvalue weighted by molar-refractivity contribution is 8.00. The highest BCUT2D eigenvalue weighted by Crippen LogP contribution is 2.16. The number of hydrogen-bond donors (Lipinski definition) is 1. The van der Waals surface area contributed by atoms with Crippen molar-refractivity contribution < 1.29 is 14.3 Å². The van der Waals surface area contributed by atoms with E-state index in [1.54, 1.807) is 24.3 Å². The molecule has 4 nitrogen and oxygen atoms in total. The number of nitrogens with one attached hydrogen (secondary N) is 1. The monoisotopic (exact) mass is 357 g/mol. The van der Waals surface area contributed by atoms with Crippen LogP contribution >= 0.6 is 11.8 Å². The Balaban J connectivity index is 1.75. The second-order valence-corrected chi connectivity index (χ2v) is 7.01. The second-order valence-electron chi connectivity index (χ2n) is 6.02. The number of ketones is 1. The van der Waals surface area contributed by atoms with Crippen LogP contribution in [0.5, 0.6) is 5.75 Å². The van der Waals surface area contributed by atoms with Gasteiger partial charge < -0.3 is 10.1 Å². The molecule has 0 saturated carbocycles. The van der Waals surface area contributed by atoms with Crippen LogP contribution in [0.1, 0.15) is 29.8 Å². The first kappa shape index (κ1) is 19.1. The Morgan fingerprint density at radius 1 is 1.00 bits per heavy atom. The minimum atomic E-state index is -0.109. The average Bonchev–Trinajstić information content (AvgIpc) is 2.57. The van der Waals surface area contributed by atoms with Crippen molar-refractivity contribution in [3.05, 3.63) is 59.7 Å². The lowest BCUT2D eigenvalue weighted by atomic mass is 10.1. The Bertz CT molecular complexity index is 709. The number of aryl methyl sites for hydroxylation is 1. The minimum absolute atomic E-state index is 0.00392. The molecule has 2 aromatic rings. The average molecular weight is 357 g/mol. The summed E-state index contributed by atoms with van der Waals surface area (Å²) in [6.45, 7) is 5.91. The summed E-state index contributed by atoms with van der Waals surface area (Å²) in [6.07, 6.45) is 0.101.